The number of pyridine rings is 1. The van der Waals surface area contributed by atoms with E-state index in [1.807, 2.05) is 18.2 Å². The van der Waals surface area contributed by atoms with Crippen molar-refractivity contribution in [2.45, 2.75) is 50.5 Å². The summed E-state index contributed by atoms with van der Waals surface area (Å²) in [6.45, 7) is 2.18. The van der Waals surface area contributed by atoms with Gasteiger partial charge >= 0.3 is 5.97 Å². The molecule has 1 rings (SSSR count). The number of carbonyl (C=O) groups is 1. The van der Waals surface area contributed by atoms with Crippen LogP contribution in [0.2, 0.25) is 0 Å². The average molecular weight is 285 g/mol. The standard InChI is InChI=1S/C13H19NO2S2/c1-2-3-4-5-6-10-13(15)16-18-17-12-9-7-8-11-14-12/h7-9,11H,2-6,10H2,1H3. The van der Waals surface area contributed by atoms with Crippen LogP contribution in [0.4, 0.5) is 0 Å². The van der Waals surface area contributed by atoms with E-state index in [1.165, 1.54) is 30.1 Å². The molecule has 0 radical (unpaired) electrons. The van der Waals surface area contributed by atoms with Gasteiger partial charge < -0.3 is 4.18 Å². The number of carbonyl (C=O) groups excluding carboxylic acids is 1. The predicted octanol–water partition coefficient (Wildman–Crippen LogP) is 4.64. The fraction of sp³-hybridized carbons (Fsp3) is 0.538. The lowest BCUT2D eigenvalue weighted by Gasteiger charge is -2.01. The molecule has 0 unspecified atom stereocenters. The molecule has 0 bridgehead atoms. The summed E-state index contributed by atoms with van der Waals surface area (Å²) in [5, 5.41) is 0.846. The number of hydrogen-bond donors (Lipinski definition) is 0. The predicted molar refractivity (Wildman–Crippen MR) is 77.2 cm³/mol. The van der Waals surface area contributed by atoms with E-state index in [0.29, 0.717) is 6.42 Å². The van der Waals surface area contributed by atoms with Crippen LogP contribution in [-0.2, 0) is 8.98 Å². The van der Waals surface area contributed by atoms with Crippen molar-refractivity contribution in [2.24, 2.45) is 0 Å². The highest BCUT2D eigenvalue weighted by Gasteiger charge is 2.04. The summed E-state index contributed by atoms with van der Waals surface area (Å²) in [5.41, 5.74) is 0. The van der Waals surface area contributed by atoms with Gasteiger partial charge in [0.15, 0.2) is 0 Å². The molecule has 100 valence electrons. The quantitative estimate of drug-likeness (QED) is 0.375. The Kier molecular flexibility index (Phi) is 8.77. The van der Waals surface area contributed by atoms with E-state index in [0.717, 1.165) is 28.9 Å². The first-order valence-electron chi connectivity index (χ1n) is 6.28. The third-order valence-electron chi connectivity index (χ3n) is 2.37. The SMILES string of the molecule is CCCCCCCC(=O)OSSc1ccccn1. The molecule has 1 aromatic rings. The van der Waals surface area contributed by atoms with Crippen molar-refractivity contribution in [3.63, 3.8) is 0 Å². The lowest BCUT2D eigenvalue weighted by molar-refractivity contribution is -0.133. The Morgan fingerprint density at radius 3 is 2.83 bits per heavy atom. The van der Waals surface area contributed by atoms with Gasteiger partial charge in [-0.15, -0.1) is 0 Å². The van der Waals surface area contributed by atoms with Crippen LogP contribution in [0.1, 0.15) is 45.4 Å². The molecule has 1 aromatic heterocycles. The molecule has 5 heteroatoms. The molecule has 0 aliphatic carbocycles. The first-order chi connectivity index (χ1) is 8.83. The van der Waals surface area contributed by atoms with Crippen LogP contribution < -0.4 is 0 Å². The second-order valence-electron chi connectivity index (χ2n) is 3.94. The van der Waals surface area contributed by atoms with E-state index in [9.17, 15) is 4.79 Å². The number of hydrogen-bond acceptors (Lipinski definition) is 5. The third kappa shape index (κ3) is 7.61. The molecular weight excluding hydrogens is 266 g/mol. The van der Waals surface area contributed by atoms with Gasteiger partial charge in [0.05, 0.1) is 0 Å². The summed E-state index contributed by atoms with van der Waals surface area (Å²) in [7, 11) is 1.36. The molecular formula is C13H19NO2S2. The van der Waals surface area contributed by atoms with E-state index in [2.05, 4.69) is 11.9 Å². The van der Waals surface area contributed by atoms with Gasteiger partial charge in [-0.2, -0.15) is 0 Å². The summed E-state index contributed by atoms with van der Waals surface area (Å²) in [5.74, 6) is -0.139. The highest BCUT2D eigenvalue weighted by atomic mass is 33.1. The fourth-order valence-corrected chi connectivity index (χ4v) is 2.74. The van der Waals surface area contributed by atoms with Crippen molar-refractivity contribution in [2.75, 3.05) is 0 Å². The summed E-state index contributed by atoms with van der Waals surface area (Å²) in [4.78, 5) is 15.5. The van der Waals surface area contributed by atoms with E-state index in [-0.39, 0.29) is 5.97 Å². The van der Waals surface area contributed by atoms with Gasteiger partial charge in [0.25, 0.3) is 0 Å². The minimum atomic E-state index is -0.139. The zero-order valence-corrected chi connectivity index (χ0v) is 12.3. The molecule has 0 aromatic carbocycles. The Labute approximate surface area is 117 Å². The Morgan fingerprint density at radius 2 is 2.11 bits per heavy atom. The Morgan fingerprint density at radius 1 is 1.28 bits per heavy atom. The Balaban J connectivity index is 2.00. The minimum absolute atomic E-state index is 0.139. The number of rotatable bonds is 9. The first-order valence-corrected chi connectivity index (χ1v) is 8.35. The van der Waals surface area contributed by atoms with Crippen LogP contribution in [0.15, 0.2) is 29.4 Å². The second kappa shape index (κ2) is 10.3. The lowest BCUT2D eigenvalue weighted by Crippen LogP contribution is -1.97. The van der Waals surface area contributed by atoms with Gasteiger partial charge in [-0.05, 0) is 18.6 Å². The van der Waals surface area contributed by atoms with Crippen molar-refractivity contribution < 1.29 is 8.98 Å². The molecule has 0 saturated heterocycles. The van der Waals surface area contributed by atoms with Crippen LogP contribution in [0.3, 0.4) is 0 Å². The molecule has 0 fully saturated rings. The van der Waals surface area contributed by atoms with Crippen molar-refractivity contribution in [1.82, 2.24) is 4.98 Å². The largest absolute Gasteiger partial charge is 0.379 e. The van der Waals surface area contributed by atoms with Crippen LogP contribution in [0.5, 0.6) is 0 Å². The van der Waals surface area contributed by atoms with Crippen LogP contribution in [0, 0.1) is 0 Å². The average Bonchev–Trinajstić information content (AvgIpc) is 2.40. The van der Waals surface area contributed by atoms with Gasteiger partial charge in [-0.25, -0.2) is 4.98 Å². The van der Waals surface area contributed by atoms with Crippen molar-refractivity contribution in [1.29, 1.82) is 0 Å². The molecule has 18 heavy (non-hydrogen) atoms. The van der Waals surface area contributed by atoms with Crippen molar-refractivity contribution in [3.05, 3.63) is 24.4 Å². The number of nitrogens with zero attached hydrogens (tertiary/aromatic N) is 1. The molecule has 0 aliphatic rings. The van der Waals surface area contributed by atoms with Crippen LogP contribution >= 0.6 is 21.9 Å². The third-order valence-corrected chi connectivity index (χ3v) is 4.02. The van der Waals surface area contributed by atoms with Gasteiger partial charge in [-0.3, -0.25) is 4.79 Å². The van der Waals surface area contributed by atoms with Crippen LogP contribution in [-0.4, -0.2) is 11.0 Å². The lowest BCUT2D eigenvalue weighted by atomic mass is 10.1. The second-order valence-corrected chi connectivity index (χ2v) is 5.73. The van der Waals surface area contributed by atoms with Gasteiger partial charge in [0, 0.05) is 23.4 Å². The number of unbranched alkanes of at least 4 members (excludes halogenated alkanes) is 4. The van der Waals surface area contributed by atoms with Gasteiger partial charge in [-0.1, -0.05) is 38.7 Å². The van der Waals surface area contributed by atoms with E-state index in [4.69, 9.17) is 4.18 Å². The summed E-state index contributed by atoms with van der Waals surface area (Å²) < 4.78 is 5.05. The van der Waals surface area contributed by atoms with Crippen LogP contribution in [0.25, 0.3) is 0 Å². The minimum Gasteiger partial charge on any atom is -0.379 e. The first kappa shape index (κ1) is 15.4. The molecule has 1 heterocycles. The maximum Gasteiger partial charge on any atom is 0.318 e. The fourth-order valence-electron chi connectivity index (χ4n) is 1.40. The highest BCUT2D eigenvalue weighted by Crippen LogP contribution is 2.30. The summed E-state index contributed by atoms with van der Waals surface area (Å²) >= 11 is 1.09. The number of aromatic nitrogens is 1. The Bertz CT molecular complexity index is 333. The van der Waals surface area contributed by atoms with E-state index >= 15 is 0 Å². The normalized spacial score (nSPS) is 10.3. The van der Waals surface area contributed by atoms with Crippen molar-refractivity contribution in [3.8, 4) is 0 Å². The smallest absolute Gasteiger partial charge is 0.318 e. The van der Waals surface area contributed by atoms with Gasteiger partial charge in [0.1, 0.15) is 16.1 Å². The highest BCUT2D eigenvalue weighted by molar-refractivity contribution is 8.75. The molecule has 0 N–H and O–H groups in total. The molecule has 3 nitrogen and oxygen atoms in total. The molecule has 0 spiro atoms. The maximum atomic E-state index is 11.4. The topological polar surface area (TPSA) is 39.2 Å². The van der Waals surface area contributed by atoms with E-state index < -0.39 is 0 Å². The van der Waals surface area contributed by atoms with Gasteiger partial charge in [0.2, 0.25) is 0 Å². The monoisotopic (exact) mass is 285 g/mol. The summed E-state index contributed by atoms with van der Waals surface area (Å²) in [6, 6.07) is 5.65. The molecule has 0 saturated carbocycles. The summed E-state index contributed by atoms with van der Waals surface area (Å²) in [6.07, 6.45) is 7.95. The maximum absolute atomic E-state index is 11.4. The zero-order chi connectivity index (χ0) is 13.1. The van der Waals surface area contributed by atoms with Crippen molar-refractivity contribution >= 4 is 27.8 Å². The van der Waals surface area contributed by atoms with E-state index in [1.54, 1.807) is 6.20 Å². The molecule has 0 amide bonds. The molecule has 0 atom stereocenters. The molecule has 0 aliphatic heterocycles. The zero-order valence-electron chi connectivity index (χ0n) is 10.6. The Hall–Kier alpha value is -0.680.